The van der Waals surface area contributed by atoms with Crippen LogP contribution in [0.2, 0.25) is 0 Å². The largest absolute Gasteiger partial charge is 0.393 e. The van der Waals surface area contributed by atoms with E-state index in [1.54, 1.807) is 6.07 Å². The van der Waals surface area contributed by atoms with Gasteiger partial charge in [0.2, 0.25) is 5.96 Å². The number of anilines is 2. The van der Waals surface area contributed by atoms with Crippen molar-refractivity contribution >= 4 is 41.0 Å². The molecule has 1 aromatic rings. The minimum absolute atomic E-state index is 0.0756. The molecule has 3 rings (SSSR count). The Kier molecular flexibility index (Phi) is 3.33. The summed E-state index contributed by atoms with van der Waals surface area (Å²) in [4.78, 5) is 33.7. The monoisotopic (exact) mass is 313 g/mol. The average molecular weight is 313 g/mol. The van der Waals surface area contributed by atoms with Crippen LogP contribution in [-0.4, -0.2) is 35.4 Å². The number of rotatable bonds is 4. The number of aliphatic imine (C=N–C) groups is 3. The average Bonchev–Trinajstić information content (AvgIpc) is 2.89. The molecule has 0 bridgehead atoms. The molecule has 0 saturated carbocycles. The van der Waals surface area contributed by atoms with E-state index in [2.05, 4.69) is 20.3 Å². The van der Waals surface area contributed by atoms with Gasteiger partial charge >= 0.3 is 0 Å². The summed E-state index contributed by atoms with van der Waals surface area (Å²) in [5, 5.41) is 13.9. The van der Waals surface area contributed by atoms with Gasteiger partial charge in [-0.3, -0.25) is 14.9 Å². The lowest BCUT2D eigenvalue weighted by Crippen LogP contribution is -2.23. The number of guanidine groups is 1. The third-order valence-electron chi connectivity index (χ3n) is 3.25. The van der Waals surface area contributed by atoms with E-state index in [4.69, 9.17) is 11.5 Å². The molecular weight excluding hydrogens is 302 g/mol. The van der Waals surface area contributed by atoms with Crippen LogP contribution >= 0.6 is 0 Å². The van der Waals surface area contributed by atoms with Crippen LogP contribution in [0.15, 0.2) is 44.3 Å². The molecule has 1 aromatic carbocycles. The van der Waals surface area contributed by atoms with Gasteiger partial charge < -0.3 is 16.8 Å². The fourth-order valence-electron chi connectivity index (χ4n) is 2.17. The molecule has 0 atom stereocenters. The first-order valence-electron chi connectivity index (χ1n) is 6.48. The fraction of sp³-hybridized carbons (Fsp3) is 0.0769. The molecule has 2 heterocycles. The fourth-order valence-corrected chi connectivity index (χ4v) is 2.17. The molecule has 2 aliphatic heterocycles. The summed E-state index contributed by atoms with van der Waals surface area (Å²) in [6.07, 6.45) is 1.49. The van der Waals surface area contributed by atoms with Gasteiger partial charge in [0.25, 0.3) is 11.6 Å². The lowest BCUT2D eigenvalue weighted by molar-refractivity contribution is -0.383. The van der Waals surface area contributed by atoms with Crippen LogP contribution in [0.1, 0.15) is 0 Å². The topological polar surface area (TPSA) is 161 Å². The van der Waals surface area contributed by atoms with Crippen LogP contribution in [0.3, 0.4) is 0 Å². The third-order valence-corrected chi connectivity index (χ3v) is 3.25. The van der Waals surface area contributed by atoms with Gasteiger partial charge in [-0.25, -0.2) is 4.99 Å². The molecular formula is C13H11N7O3. The van der Waals surface area contributed by atoms with E-state index in [0.717, 1.165) is 0 Å². The summed E-state index contributed by atoms with van der Waals surface area (Å²) in [6, 6.07) is 4.36. The van der Waals surface area contributed by atoms with Gasteiger partial charge in [-0.15, -0.1) is 0 Å². The number of hydrogen-bond acceptors (Lipinski definition) is 8. The molecule has 116 valence electrons. The highest BCUT2D eigenvalue weighted by Gasteiger charge is 2.27. The Balaban J connectivity index is 1.81. The van der Waals surface area contributed by atoms with E-state index in [1.165, 1.54) is 18.3 Å². The highest BCUT2D eigenvalue weighted by Crippen LogP contribution is 2.25. The lowest BCUT2D eigenvalue weighted by atomic mass is 10.1. The van der Waals surface area contributed by atoms with E-state index < -0.39 is 10.8 Å². The van der Waals surface area contributed by atoms with Crippen molar-refractivity contribution in [3.63, 3.8) is 0 Å². The van der Waals surface area contributed by atoms with Crippen LogP contribution < -0.4 is 16.8 Å². The zero-order valence-electron chi connectivity index (χ0n) is 11.7. The second-order valence-electron chi connectivity index (χ2n) is 4.75. The molecule has 0 unspecified atom stereocenters. The molecule has 5 N–H and O–H groups in total. The van der Waals surface area contributed by atoms with Crippen molar-refractivity contribution in [2.45, 2.75) is 0 Å². The Labute approximate surface area is 129 Å². The predicted octanol–water partition coefficient (Wildman–Crippen LogP) is 0.223. The number of carbonyl (C=O) groups is 1. The van der Waals surface area contributed by atoms with E-state index in [0.29, 0.717) is 11.3 Å². The standard InChI is InChI=1S/C13H11N7O3/c14-8-2-1-7(3-9(8)20(22)23)16-4-6-5-17-11-10(6)12(21)19-13(15)18-11/h1-3,5,16H,4,14H2,(H2,15,19,21). The van der Waals surface area contributed by atoms with Gasteiger partial charge in [0.05, 0.1) is 10.5 Å². The molecule has 1 amide bonds. The number of amidine groups is 1. The number of nitrogen functional groups attached to an aromatic ring is 1. The van der Waals surface area contributed by atoms with Gasteiger partial charge in [-0.05, 0) is 12.1 Å². The number of nitro groups is 1. The highest BCUT2D eigenvalue weighted by atomic mass is 16.6. The zero-order valence-corrected chi connectivity index (χ0v) is 11.7. The second kappa shape index (κ2) is 5.33. The molecule has 0 spiro atoms. The molecule has 0 aliphatic carbocycles. The number of nitro benzene ring substituents is 1. The maximum Gasteiger partial charge on any atom is 0.294 e. The SMILES string of the molecule is NC1=NC(=O)C2=C(CNc3ccc(N)c([N+](=O)[O-])c3)C=NC2=N1. The van der Waals surface area contributed by atoms with E-state index in [1.807, 2.05) is 0 Å². The van der Waals surface area contributed by atoms with Gasteiger partial charge in [0.1, 0.15) is 5.69 Å². The smallest absolute Gasteiger partial charge is 0.294 e. The van der Waals surface area contributed by atoms with Crippen molar-refractivity contribution in [2.24, 2.45) is 20.7 Å². The minimum atomic E-state index is -0.563. The van der Waals surface area contributed by atoms with E-state index in [-0.39, 0.29) is 35.3 Å². The second-order valence-corrected chi connectivity index (χ2v) is 4.75. The Bertz CT molecular complexity index is 851. The van der Waals surface area contributed by atoms with Gasteiger partial charge in [0.15, 0.2) is 5.84 Å². The molecule has 0 aromatic heterocycles. The number of amides is 1. The van der Waals surface area contributed by atoms with Crippen molar-refractivity contribution < 1.29 is 9.72 Å². The van der Waals surface area contributed by atoms with Crippen molar-refractivity contribution in [3.05, 3.63) is 39.5 Å². The number of hydrogen-bond donors (Lipinski definition) is 3. The van der Waals surface area contributed by atoms with Crippen LogP contribution in [0.4, 0.5) is 17.1 Å². The van der Waals surface area contributed by atoms with E-state index >= 15 is 0 Å². The molecule has 10 nitrogen and oxygen atoms in total. The quantitative estimate of drug-likeness (QED) is 0.409. The molecule has 0 fully saturated rings. The maximum absolute atomic E-state index is 11.9. The number of nitrogens with zero attached hydrogens (tertiary/aromatic N) is 4. The first-order valence-corrected chi connectivity index (χ1v) is 6.48. The molecule has 2 aliphatic rings. The maximum atomic E-state index is 11.9. The first kappa shape index (κ1) is 14.4. The van der Waals surface area contributed by atoms with Crippen LogP contribution in [-0.2, 0) is 4.79 Å². The normalized spacial score (nSPS) is 16.1. The number of nitrogens with two attached hydrogens (primary N) is 2. The van der Waals surface area contributed by atoms with Crippen LogP contribution in [0, 0.1) is 10.1 Å². The first-order chi connectivity index (χ1) is 11.0. The summed E-state index contributed by atoms with van der Waals surface area (Å²) in [5.41, 5.74) is 12.2. The Morgan fingerprint density at radius 2 is 2.04 bits per heavy atom. The molecule has 0 saturated heterocycles. The van der Waals surface area contributed by atoms with Crippen molar-refractivity contribution in [1.29, 1.82) is 0 Å². The van der Waals surface area contributed by atoms with Crippen molar-refractivity contribution in [3.8, 4) is 0 Å². The number of nitrogens with one attached hydrogen (secondary N) is 1. The predicted molar refractivity (Wildman–Crippen MR) is 85.6 cm³/mol. The Morgan fingerprint density at radius 1 is 1.26 bits per heavy atom. The molecule has 23 heavy (non-hydrogen) atoms. The van der Waals surface area contributed by atoms with Gasteiger partial charge in [-0.1, -0.05) is 0 Å². The molecule has 0 radical (unpaired) electrons. The number of fused-ring (bicyclic) bond motifs is 1. The molecule has 10 heteroatoms. The van der Waals surface area contributed by atoms with Crippen LogP contribution in [0.5, 0.6) is 0 Å². The number of benzene rings is 1. The summed E-state index contributed by atoms with van der Waals surface area (Å²) in [6.45, 7) is 0.222. The van der Waals surface area contributed by atoms with Crippen molar-refractivity contribution in [1.82, 2.24) is 0 Å². The third kappa shape index (κ3) is 2.64. The highest BCUT2D eigenvalue weighted by molar-refractivity contribution is 6.34. The summed E-state index contributed by atoms with van der Waals surface area (Å²) >= 11 is 0. The lowest BCUT2D eigenvalue weighted by Gasteiger charge is -2.09. The Hall–Kier alpha value is -3.56. The van der Waals surface area contributed by atoms with E-state index in [9.17, 15) is 14.9 Å². The van der Waals surface area contributed by atoms with Crippen molar-refractivity contribution in [2.75, 3.05) is 17.6 Å². The summed E-state index contributed by atoms with van der Waals surface area (Å²) < 4.78 is 0. The summed E-state index contributed by atoms with van der Waals surface area (Å²) in [7, 11) is 0. The zero-order chi connectivity index (χ0) is 16.6. The number of carbonyl (C=O) groups excluding carboxylic acids is 1. The van der Waals surface area contributed by atoms with Gasteiger partial charge in [0, 0.05) is 30.1 Å². The van der Waals surface area contributed by atoms with Gasteiger partial charge in [-0.2, -0.15) is 9.98 Å². The van der Waals surface area contributed by atoms with Crippen LogP contribution in [0.25, 0.3) is 0 Å². The summed E-state index contributed by atoms with van der Waals surface area (Å²) in [5.74, 6) is -0.415. The Morgan fingerprint density at radius 3 is 2.78 bits per heavy atom. The minimum Gasteiger partial charge on any atom is -0.393 e.